The van der Waals surface area contributed by atoms with Crippen LogP contribution >= 0.6 is 0 Å². The third-order valence-corrected chi connectivity index (χ3v) is 4.41. The number of aliphatic hydroxyl groups is 1. The molecule has 0 saturated carbocycles. The fraction of sp³-hybridized carbons (Fsp3) is 0.889. The molecule has 0 radical (unpaired) electrons. The molecule has 0 aromatic carbocycles. The molecule has 0 aliphatic carbocycles. The van der Waals surface area contributed by atoms with E-state index in [2.05, 4.69) is 0 Å². The summed E-state index contributed by atoms with van der Waals surface area (Å²) in [6, 6.07) is -1.01. The van der Waals surface area contributed by atoms with Gasteiger partial charge in [0.15, 0.2) is 9.84 Å². The quantitative estimate of drug-likeness (QED) is 0.622. The van der Waals surface area contributed by atoms with Gasteiger partial charge in [0.1, 0.15) is 0 Å². The SMILES string of the molecule is C[C@@H](N)C(=O)N(CCO)C1CCS(=O)(=O)C1. The molecule has 2 atom stereocenters. The molecule has 3 N–H and O–H groups in total. The number of hydrogen-bond acceptors (Lipinski definition) is 5. The summed E-state index contributed by atoms with van der Waals surface area (Å²) in [5.74, 6) is -0.228. The first kappa shape index (κ1) is 13.4. The van der Waals surface area contributed by atoms with E-state index in [1.807, 2.05) is 0 Å². The Morgan fingerprint density at radius 2 is 2.25 bits per heavy atom. The number of amides is 1. The van der Waals surface area contributed by atoms with Gasteiger partial charge >= 0.3 is 0 Å². The lowest BCUT2D eigenvalue weighted by molar-refractivity contribution is -0.134. The van der Waals surface area contributed by atoms with Crippen LogP contribution in [0, 0.1) is 0 Å². The van der Waals surface area contributed by atoms with Gasteiger partial charge in [-0.2, -0.15) is 0 Å². The topological polar surface area (TPSA) is 101 Å². The molecule has 94 valence electrons. The smallest absolute Gasteiger partial charge is 0.239 e. The van der Waals surface area contributed by atoms with Gasteiger partial charge < -0.3 is 15.7 Å². The number of carbonyl (C=O) groups excluding carboxylic acids is 1. The van der Waals surface area contributed by atoms with Crippen molar-refractivity contribution in [3.8, 4) is 0 Å². The summed E-state index contributed by atoms with van der Waals surface area (Å²) in [6.45, 7) is 1.51. The van der Waals surface area contributed by atoms with Crippen LogP contribution in [-0.2, 0) is 14.6 Å². The summed E-state index contributed by atoms with van der Waals surface area (Å²) in [5, 5.41) is 8.87. The first-order valence-electron chi connectivity index (χ1n) is 5.24. The number of carbonyl (C=O) groups is 1. The van der Waals surface area contributed by atoms with Gasteiger partial charge in [-0.15, -0.1) is 0 Å². The van der Waals surface area contributed by atoms with Crippen LogP contribution in [0.1, 0.15) is 13.3 Å². The highest BCUT2D eigenvalue weighted by Gasteiger charge is 2.35. The number of nitrogens with zero attached hydrogens (tertiary/aromatic N) is 1. The Kier molecular flexibility index (Phi) is 4.28. The summed E-state index contributed by atoms with van der Waals surface area (Å²) < 4.78 is 22.6. The van der Waals surface area contributed by atoms with Crippen molar-refractivity contribution in [1.82, 2.24) is 4.90 Å². The maximum absolute atomic E-state index is 11.7. The predicted octanol–water partition coefficient (Wildman–Crippen LogP) is -1.66. The molecule has 6 nitrogen and oxygen atoms in total. The maximum atomic E-state index is 11.7. The number of nitrogens with two attached hydrogens (primary N) is 1. The molecule has 1 heterocycles. The highest BCUT2D eigenvalue weighted by atomic mass is 32.2. The van der Waals surface area contributed by atoms with Gasteiger partial charge in [0.2, 0.25) is 5.91 Å². The van der Waals surface area contributed by atoms with E-state index >= 15 is 0 Å². The zero-order valence-electron chi connectivity index (χ0n) is 9.30. The minimum absolute atomic E-state index is 0.0224. The number of rotatable bonds is 4. The van der Waals surface area contributed by atoms with E-state index in [1.165, 1.54) is 4.90 Å². The number of hydrogen-bond donors (Lipinski definition) is 2. The van der Waals surface area contributed by atoms with Crippen LogP contribution in [0.4, 0.5) is 0 Å². The Bertz CT molecular complexity index is 353. The average Bonchev–Trinajstić information content (AvgIpc) is 2.54. The summed E-state index contributed by atoms with van der Waals surface area (Å²) >= 11 is 0. The molecule has 1 amide bonds. The molecule has 0 bridgehead atoms. The van der Waals surface area contributed by atoms with Crippen LogP contribution in [0.5, 0.6) is 0 Å². The van der Waals surface area contributed by atoms with Gasteiger partial charge in [-0.05, 0) is 13.3 Å². The van der Waals surface area contributed by atoms with Crippen LogP contribution in [0.25, 0.3) is 0 Å². The standard InChI is InChI=1S/C9H18N2O4S/c1-7(10)9(13)11(3-4-12)8-2-5-16(14,15)6-8/h7-8,12H,2-6,10H2,1H3/t7-,8?/m1/s1. The Morgan fingerprint density at radius 1 is 1.62 bits per heavy atom. The molecule has 1 saturated heterocycles. The second kappa shape index (κ2) is 5.11. The third-order valence-electron chi connectivity index (χ3n) is 2.66. The van der Waals surface area contributed by atoms with E-state index in [-0.39, 0.29) is 36.6 Å². The molecule has 0 spiro atoms. The molecule has 1 aliphatic rings. The van der Waals surface area contributed by atoms with Crippen molar-refractivity contribution in [2.24, 2.45) is 5.73 Å². The van der Waals surface area contributed by atoms with E-state index in [4.69, 9.17) is 10.8 Å². The monoisotopic (exact) mass is 250 g/mol. The van der Waals surface area contributed by atoms with Gasteiger partial charge in [-0.25, -0.2) is 8.42 Å². The van der Waals surface area contributed by atoms with Gasteiger partial charge in [0, 0.05) is 12.6 Å². The van der Waals surface area contributed by atoms with Crippen LogP contribution in [0.2, 0.25) is 0 Å². The summed E-state index contributed by atoms with van der Waals surface area (Å²) in [4.78, 5) is 13.1. The van der Waals surface area contributed by atoms with Gasteiger partial charge in [-0.3, -0.25) is 4.79 Å². The van der Waals surface area contributed by atoms with E-state index in [0.29, 0.717) is 6.42 Å². The Labute approximate surface area is 95.3 Å². The fourth-order valence-electron chi connectivity index (χ4n) is 1.86. The summed E-state index contributed by atoms with van der Waals surface area (Å²) in [7, 11) is -3.03. The summed E-state index contributed by atoms with van der Waals surface area (Å²) in [5.41, 5.74) is 5.48. The van der Waals surface area contributed by atoms with Crippen molar-refractivity contribution in [3.05, 3.63) is 0 Å². The highest BCUT2D eigenvalue weighted by molar-refractivity contribution is 7.91. The number of aliphatic hydroxyl groups excluding tert-OH is 1. The second-order valence-electron chi connectivity index (χ2n) is 4.10. The summed E-state index contributed by atoms with van der Waals surface area (Å²) in [6.07, 6.45) is 0.431. The third kappa shape index (κ3) is 3.16. The lowest BCUT2D eigenvalue weighted by Gasteiger charge is -2.29. The van der Waals surface area contributed by atoms with Crippen molar-refractivity contribution in [2.75, 3.05) is 24.7 Å². The normalized spacial score (nSPS) is 25.3. The maximum Gasteiger partial charge on any atom is 0.239 e. The molecule has 1 unspecified atom stereocenters. The van der Waals surface area contributed by atoms with E-state index in [9.17, 15) is 13.2 Å². The molecule has 0 aromatic rings. The van der Waals surface area contributed by atoms with Crippen LogP contribution in [0.15, 0.2) is 0 Å². The molecular weight excluding hydrogens is 232 g/mol. The van der Waals surface area contributed by atoms with E-state index in [1.54, 1.807) is 6.92 Å². The van der Waals surface area contributed by atoms with Crippen molar-refractivity contribution >= 4 is 15.7 Å². The largest absolute Gasteiger partial charge is 0.395 e. The zero-order chi connectivity index (χ0) is 12.3. The predicted molar refractivity (Wildman–Crippen MR) is 59.5 cm³/mol. The Balaban J connectivity index is 2.75. The van der Waals surface area contributed by atoms with Crippen LogP contribution < -0.4 is 5.73 Å². The lowest BCUT2D eigenvalue weighted by Crippen LogP contribution is -2.49. The Morgan fingerprint density at radius 3 is 2.62 bits per heavy atom. The average molecular weight is 250 g/mol. The minimum atomic E-state index is -3.03. The molecule has 0 aromatic heterocycles. The van der Waals surface area contributed by atoms with E-state index in [0.717, 1.165) is 0 Å². The van der Waals surface area contributed by atoms with Crippen molar-refractivity contribution in [2.45, 2.75) is 25.4 Å². The fourth-order valence-corrected chi connectivity index (χ4v) is 3.59. The molecule has 1 fully saturated rings. The molecular formula is C9H18N2O4S. The minimum Gasteiger partial charge on any atom is -0.395 e. The van der Waals surface area contributed by atoms with Crippen molar-refractivity contribution < 1.29 is 18.3 Å². The van der Waals surface area contributed by atoms with Crippen molar-refractivity contribution in [3.63, 3.8) is 0 Å². The number of sulfone groups is 1. The lowest BCUT2D eigenvalue weighted by atomic mass is 10.2. The van der Waals surface area contributed by atoms with Gasteiger partial charge in [0.05, 0.1) is 24.2 Å². The Hall–Kier alpha value is -0.660. The van der Waals surface area contributed by atoms with Gasteiger partial charge in [-0.1, -0.05) is 0 Å². The van der Waals surface area contributed by atoms with E-state index < -0.39 is 15.9 Å². The zero-order valence-corrected chi connectivity index (χ0v) is 10.1. The van der Waals surface area contributed by atoms with Crippen LogP contribution in [-0.4, -0.2) is 61.1 Å². The second-order valence-corrected chi connectivity index (χ2v) is 6.33. The van der Waals surface area contributed by atoms with Crippen LogP contribution in [0.3, 0.4) is 0 Å². The molecule has 1 aliphatic heterocycles. The highest BCUT2D eigenvalue weighted by Crippen LogP contribution is 2.18. The molecule has 7 heteroatoms. The molecule has 1 rings (SSSR count). The first-order chi connectivity index (χ1) is 7.37. The van der Waals surface area contributed by atoms with Crippen molar-refractivity contribution in [1.29, 1.82) is 0 Å². The first-order valence-corrected chi connectivity index (χ1v) is 7.07. The molecule has 16 heavy (non-hydrogen) atoms. The van der Waals surface area contributed by atoms with Gasteiger partial charge in [0.25, 0.3) is 0 Å².